The Balaban J connectivity index is 1.62. The highest BCUT2D eigenvalue weighted by atomic mass is 79.9. The standard InChI is InChI=1S/C24H26BrNO4S/c1-2-5-17-15-31(28,29)23-14-30-22(24(17)23)10-7-16(20-6-3-4-11-26-20)12-18-13-19(25)8-9-21(18)27/h3-4,6,8-9,11-13,22-23,27H,2,5,7,10,14-15H2,1H3/b16-12-/t22-,23+/m1/s1. The maximum Gasteiger partial charge on any atom is 0.163 e. The van der Waals surface area contributed by atoms with Gasteiger partial charge in [0.2, 0.25) is 0 Å². The average Bonchev–Trinajstić information content (AvgIpc) is 3.28. The number of hydrogen-bond acceptors (Lipinski definition) is 5. The zero-order chi connectivity index (χ0) is 22.0. The number of ether oxygens (including phenoxy) is 1. The van der Waals surface area contributed by atoms with Crippen molar-refractivity contribution >= 4 is 37.4 Å². The number of phenolic OH excluding ortho intramolecular Hbond substituents is 1. The Labute approximate surface area is 191 Å². The lowest BCUT2D eigenvalue weighted by molar-refractivity contribution is 0.118. The second kappa shape index (κ2) is 9.27. The molecule has 1 N–H and O–H groups in total. The Bertz CT molecular complexity index is 1130. The SMILES string of the molecule is CCCC1=C2[C@@H](CC/C(=C/c3cc(Br)ccc3O)c3ccccn3)OC[C@@H]2S(=O)(=O)C1. The Morgan fingerprint density at radius 2 is 2.16 bits per heavy atom. The van der Waals surface area contributed by atoms with E-state index in [1.54, 1.807) is 18.3 Å². The van der Waals surface area contributed by atoms with Crippen molar-refractivity contribution in [3.05, 3.63) is 69.5 Å². The van der Waals surface area contributed by atoms with Crippen molar-refractivity contribution in [2.75, 3.05) is 12.4 Å². The van der Waals surface area contributed by atoms with Gasteiger partial charge < -0.3 is 9.84 Å². The third-order valence-electron chi connectivity index (χ3n) is 5.90. The van der Waals surface area contributed by atoms with Crippen LogP contribution in [0.15, 0.2) is 58.2 Å². The summed E-state index contributed by atoms with van der Waals surface area (Å²) in [6, 6.07) is 11.1. The first-order valence-electron chi connectivity index (χ1n) is 10.5. The van der Waals surface area contributed by atoms with E-state index in [0.29, 0.717) is 18.4 Å². The minimum absolute atomic E-state index is 0.176. The van der Waals surface area contributed by atoms with Gasteiger partial charge in [-0.1, -0.05) is 40.9 Å². The van der Waals surface area contributed by atoms with Crippen molar-refractivity contribution in [2.45, 2.75) is 44.0 Å². The molecule has 1 fully saturated rings. The molecule has 1 aromatic carbocycles. The number of sulfone groups is 1. The van der Waals surface area contributed by atoms with E-state index < -0.39 is 15.1 Å². The van der Waals surface area contributed by atoms with E-state index in [1.165, 1.54) is 0 Å². The number of pyridine rings is 1. The molecule has 0 radical (unpaired) electrons. The molecule has 2 aliphatic heterocycles. The van der Waals surface area contributed by atoms with Crippen LogP contribution >= 0.6 is 15.9 Å². The van der Waals surface area contributed by atoms with Gasteiger partial charge in [0.1, 0.15) is 11.0 Å². The molecule has 7 heteroatoms. The number of benzene rings is 1. The largest absolute Gasteiger partial charge is 0.507 e. The van der Waals surface area contributed by atoms with E-state index in [0.717, 1.165) is 39.7 Å². The maximum atomic E-state index is 12.6. The van der Waals surface area contributed by atoms with E-state index in [9.17, 15) is 13.5 Å². The van der Waals surface area contributed by atoms with E-state index in [1.807, 2.05) is 30.3 Å². The highest BCUT2D eigenvalue weighted by Crippen LogP contribution is 2.40. The Morgan fingerprint density at radius 1 is 1.32 bits per heavy atom. The van der Waals surface area contributed by atoms with Crippen molar-refractivity contribution in [3.63, 3.8) is 0 Å². The molecule has 164 valence electrons. The van der Waals surface area contributed by atoms with Crippen molar-refractivity contribution in [3.8, 4) is 5.75 Å². The second-order valence-corrected chi connectivity index (χ2v) is 11.2. The van der Waals surface area contributed by atoms with E-state index >= 15 is 0 Å². The third kappa shape index (κ3) is 4.78. The van der Waals surface area contributed by atoms with Gasteiger partial charge in [-0.15, -0.1) is 0 Å². The van der Waals surface area contributed by atoms with Gasteiger partial charge in [-0.2, -0.15) is 0 Å². The van der Waals surface area contributed by atoms with Crippen molar-refractivity contribution in [2.24, 2.45) is 0 Å². The predicted octanol–water partition coefficient (Wildman–Crippen LogP) is 5.16. The van der Waals surface area contributed by atoms with E-state index in [4.69, 9.17) is 4.74 Å². The van der Waals surface area contributed by atoms with Crippen LogP contribution in [0.5, 0.6) is 5.75 Å². The highest BCUT2D eigenvalue weighted by Gasteiger charge is 2.46. The molecule has 0 bridgehead atoms. The van der Waals surface area contributed by atoms with Gasteiger partial charge in [0.15, 0.2) is 9.84 Å². The molecular formula is C24H26BrNO4S. The smallest absolute Gasteiger partial charge is 0.163 e. The fraction of sp³-hybridized carbons (Fsp3) is 0.375. The average molecular weight is 504 g/mol. The summed E-state index contributed by atoms with van der Waals surface area (Å²) in [7, 11) is -3.14. The summed E-state index contributed by atoms with van der Waals surface area (Å²) < 4.78 is 32.0. The Kier molecular flexibility index (Phi) is 6.65. The monoisotopic (exact) mass is 503 g/mol. The molecule has 0 spiro atoms. The highest BCUT2D eigenvalue weighted by molar-refractivity contribution is 9.10. The lowest BCUT2D eigenvalue weighted by Crippen LogP contribution is -2.19. The van der Waals surface area contributed by atoms with Gasteiger partial charge in [0, 0.05) is 16.2 Å². The van der Waals surface area contributed by atoms with Crippen LogP contribution in [0.25, 0.3) is 11.6 Å². The van der Waals surface area contributed by atoms with Gasteiger partial charge in [-0.05, 0) is 66.8 Å². The molecule has 1 saturated heterocycles. The molecule has 4 rings (SSSR count). The van der Waals surface area contributed by atoms with Gasteiger partial charge in [-0.3, -0.25) is 4.98 Å². The van der Waals surface area contributed by atoms with Gasteiger partial charge >= 0.3 is 0 Å². The first-order chi connectivity index (χ1) is 14.9. The minimum atomic E-state index is -3.14. The van der Waals surface area contributed by atoms with Gasteiger partial charge in [0.25, 0.3) is 0 Å². The number of halogens is 1. The lowest BCUT2D eigenvalue weighted by atomic mass is 9.94. The summed E-state index contributed by atoms with van der Waals surface area (Å²) in [4.78, 5) is 4.50. The number of hydrogen-bond donors (Lipinski definition) is 1. The Hall–Kier alpha value is -1.96. The number of aromatic nitrogens is 1. The van der Waals surface area contributed by atoms with E-state index in [2.05, 4.69) is 27.8 Å². The molecule has 0 amide bonds. The van der Waals surface area contributed by atoms with Crippen LogP contribution in [0, 0.1) is 0 Å². The molecule has 2 aliphatic rings. The number of allylic oxidation sites excluding steroid dienone is 1. The van der Waals surface area contributed by atoms with Gasteiger partial charge in [-0.25, -0.2) is 8.42 Å². The van der Waals surface area contributed by atoms with Crippen LogP contribution in [-0.2, 0) is 14.6 Å². The lowest BCUT2D eigenvalue weighted by Gasteiger charge is -2.15. The summed E-state index contributed by atoms with van der Waals surface area (Å²) in [5.41, 5.74) is 4.54. The quantitative estimate of drug-likeness (QED) is 0.527. The fourth-order valence-corrected chi connectivity index (χ4v) is 6.84. The third-order valence-corrected chi connectivity index (χ3v) is 8.40. The zero-order valence-electron chi connectivity index (χ0n) is 17.4. The molecule has 1 aromatic heterocycles. The summed E-state index contributed by atoms with van der Waals surface area (Å²) in [5, 5.41) is 9.82. The topological polar surface area (TPSA) is 76.5 Å². The number of phenols is 1. The van der Waals surface area contributed by atoms with Crippen LogP contribution in [0.2, 0.25) is 0 Å². The van der Waals surface area contributed by atoms with E-state index in [-0.39, 0.29) is 24.2 Å². The summed E-state index contributed by atoms with van der Waals surface area (Å²) >= 11 is 3.46. The molecule has 5 nitrogen and oxygen atoms in total. The second-order valence-electron chi connectivity index (χ2n) is 8.05. The summed E-state index contributed by atoms with van der Waals surface area (Å²) in [6.45, 7) is 2.33. The van der Waals surface area contributed by atoms with Crippen molar-refractivity contribution in [1.29, 1.82) is 0 Å². The number of fused-ring (bicyclic) bond motifs is 1. The normalized spacial score (nSPS) is 22.7. The number of nitrogens with zero attached hydrogens (tertiary/aromatic N) is 1. The molecule has 0 aliphatic carbocycles. The molecule has 31 heavy (non-hydrogen) atoms. The van der Waals surface area contributed by atoms with Crippen molar-refractivity contribution < 1.29 is 18.3 Å². The van der Waals surface area contributed by atoms with Gasteiger partial charge in [0.05, 0.1) is 24.2 Å². The molecule has 3 heterocycles. The first kappa shape index (κ1) is 22.2. The fourth-order valence-electron chi connectivity index (χ4n) is 4.47. The minimum Gasteiger partial charge on any atom is -0.507 e. The summed E-state index contributed by atoms with van der Waals surface area (Å²) in [5.74, 6) is 0.374. The summed E-state index contributed by atoms with van der Waals surface area (Å²) in [6.07, 6.45) is 6.56. The van der Waals surface area contributed by atoms with Crippen LogP contribution in [0.3, 0.4) is 0 Å². The number of aromatic hydroxyl groups is 1. The molecule has 0 saturated carbocycles. The van der Waals surface area contributed by atoms with Crippen LogP contribution < -0.4 is 0 Å². The Morgan fingerprint density at radius 3 is 2.90 bits per heavy atom. The first-order valence-corrected chi connectivity index (χ1v) is 13.1. The molecule has 0 unspecified atom stereocenters. The maximum absolute atomic E-state index is 12.6. The predicted molar refractivity (Wildman–Crippen MR) is 126 cm³/mol. The van der Waals surface area contributed by atoms with Crippen LogP contribution in [0.4, 0.5) is 0 Å². The van der Waals surface area contributed by atoms with Crippen LogP contribution in [-0.4, -0.2) is 42.2 Å². The number of rotatable bonds is 7. The molecule has 2 aromatic rings. The zero-order valence-corrected chi connectivity index (χ0v) is 19.8. The molecular weight excluding hydrogens is 478 g/mol. The molecule has 2 atom stereocenters. The van der Waals surface area contributed by atoms with Crippen LogP contribution in [0.1, 0.15) is 43.9 Å². The van der Waals surface area contributed by atoms with Crippen molar-refractivity contribution in [1.82, 2.24) is 4.98 Å².